The molecule has 0 spiro atoms. The van der Waals surface area contributed by atoms with Crippen LogP contribution in [0.1, 0.15) is 13.3 Å². The van der Waals surface area contributed by atoms with Crippen molar-refractivity contribution in [3.05, 3.63) is 0 Å². The van der Waals surface area contributed by atoms with Crippen LogP contribution in [0.25, 0.3) is 0 Å². The topological polar surface area (TPSA) is 69.6 Å². The van der Waals surface area contributed by atoms with E-state index in [1.54, 1.807) is 6.92 Å². The average Bonchev–Trinajstić information content (AvgIpc) is 2.01. The Balaban J connectivity index is 3.60. The molecule has 0 amide bonds. The van der Waals surface area contributed by atoms with Crippen LogP contribution in [-0.4, -0.2) is 29.8 Å². The van der Waals surface area contributed by atoms with Gasteiger partial charge in [0, 0.05) is 0 Å². The van der Waals surface area contributed by atoms with Gasteiger partial charge in [0.1, 0.15) is 6.42 Å². The predicted octanol–water partition coefficient (Wildman–Crippen LogP) is -0.551. The summed E-state index contributed by atoms with van der Waals surface area (Å²) in [7, 11) is -1.74. The standard InChI is InChI=1S/C6H11O4P/c1-2-10-6(8)3-4-11(9)5-7/h4,7H,2-3,5H2,1H3. The fourth-order valence-corrected chi connectivity index (χ4v) is 0.922. The van der Waals surface area contributed by atoms with Gasteiger partial charge in [-0.25, -0.2) is 0 Å². The molecule has 0 aliphatic rings. The van der Waals surface area contributed by atoms with Gasteiger partial charge in [-0.05, 0) is 6.92 Å². The maximum absolute atomic E-state index is 10.6. The lowest BCUT2D eigenvalue weighted by Gasteiger charge is -1.96. The number of rotatable bonds is 4. The number of esters is 1. The second-order valence-electron chi connectivity index (χ2n) is 1.75. The first-order valence-corrected chi connectivity index (χ1v) is 4.75. The predicted molar refractivity (Wildman–Crippen MR) is 41.3 cm³/mol. The van der Waals surface area contributed by atoms with Crippen molar-refractivity contribution >= 4 is 19.5 Å². The molecule has 1 N–H and O–H groups in total. The number of hydrogen-bond acceptors (Lipinski definition) is 4. The fourth-order valence-electron chi connectivity index (χ4n) is 0.454. The van der Waals surface area contributed by atoms with E-state index in [1.165, 1.54) is 5.80 Å². The molecule has 0 heterocycles. The molecule has 0 saturated heterocycles. The van der Waals surface area contributed by atoms with Crippen LogP contribution in [0, 0.1) is 0 Å². The molecular formula is C6H11O4P. The number of aliphatic hydroxyl groups is 1. The highest BCUT2D eigenvalue weighted by Crippen LogP contribution is 2.05. The normalized spacial score (nSPS) is 11.4. The minimum atomic E-state index is -1.74. The van der Waals surface area contributed by atoms with Crippen molar-refractivity contribution in [2.24, 2.45) is 0 Å². The van der Waals surface area contributed by atoms with Crippen LogP contribution < -0.4 is 4.89 Å². The molecule has 0 rings (SSSR count). The van der Waals surface area contributed by atoms with Crippen LogP contribution in [0.15, 0.2) is 0 Å². The summed E-state index contributed by atoms with van der Waals surface area (Å²) in [6.45, 7) is 2.02. The van der Waals surface area contributed by atoms with Crippen LogP contribution in [0.5, 0.6) is 0 Å². The Morgan fingerprint density at radius 1 is 1.82 bits per heavy atom. The van der Waals surface area contributed by atoms with Gasteiger partial charge in [0.25, 0.3) is 0 Å². The van der Waals surface area contributed by atoms with Gasteiger partial charge in [0.15, 0.2) is 6.35 Å². The molecule has 1 unspecified atom stereocenters. The molecule has 0 saturated carbocycles. The quantitative estimate of drug-likeness (QED) is 0.463. The number of aliphatic hydroxyl groups excluding tert-OH is 1. The Labute approximate surface area is 66.3 Å². The SMILES string of the molecule is CCOC(=O)CC=[P+]([O-])CO. The minimum absolute atomic E-state index is 0.00358. The third-order valence-corrected chi connectivity index (χ3v) is 1.77. The van der Waals surface area contributed by atoms with Gasteiger partial charge in [-0.3, -0.25) is 4.79 Å². The summed E-state index contributed by atoms with van der Waals surface area (Å²) >= 11 is 0. The zero-order chi connectivity index (χ0) is 8.69. The summed E-state index contributed by atoms with van der Waals surface area (Å²) in [6.07, 6.45) is -0.404. The second kappa shape index (κ2) is 6.28. The van der Waals surface area contributed by atoms with E-state index in [9.17, 15) is 9.69 Å². The highest BCUT2D eigenvalue weighted by atomic mass is 31.1. The van der Waals surface area contributed by atoms with Crippen molar-refractivity contribution in [1.29, 1.82) is 0 Å². The number of carbonyl (C=O) groups is 1. The maximum atomic E-state index is 10.6. The monoisotopic (exact) mass is 178 g/mol. The summed E-state index contributed by atoms with van der Waals surface area (Å²) in [4.78, 5) is 21.2. The van der Waals surface area contributed by atoms with Crippen molar-refractivity contribution in [3.63, 3.8) is 0 Å². The number of hydrogen-bond donors (Lipinski definition) is 1. The van der Waals surface area contributed by atoms with E-state index >= 15 is 0 Å². The lowest BCUT2D eigenvalue weighted by atomic mass is 10.5. The third-order valence-electron chi connectivity index (χ3n) is 0.906. The molecule has 0 aromatic heterocycles. The van der Waals surface area contributed by atoms with Gasteiger partial charge in [-0.15, -0.1) is 0 Å². The molecule has 0 aromatic carbocycles. The Bertz CT molecular complexity index is 155. The van der Waals surface area contributed by atoms with Gasteiger partial charge in [0.2, 0.25) is 0 Å². The van der Waals surface area contributed by atoms with Crippen LogP contribution in [0.2, 0.25) is 0 Å². The molecule has 11 heavy (non-hydrogen) atoms. The Kier molecular flexibility index (Phi) is 6.03. The number of ether oxygens (including phenoxy) is 1. The molecule has 0 bridgehead atoms. The smallest absolute Gasteiger partial charge is 0.313 e. The largest absolute Gasteiger partial charge is 0.629 e. The Hall–Kier alpha value is -0.440. The van der Waals surface area contributed by atoms with Crippen molar-refractivity contribution in [3.8, 4) is 0 Å². The van der Waals surface area contributed by atoms with Crippen molar-refractivity contribution in [2.45, 2.75) is 13.3 Å². The minimum Gasteiger partial charge on any atom is -0.629 e. The maximum Gasteiger partial charge on any atom is 0.313 e. The molecule has 0 fully saturated rings. The van der Waals surface area contributed by atoms with Crippen LogP contribution >= 0.6 is 7.77 Å². The highest BCUT2D eigenvalue weighted by Gasteiger charge is 2.00. The first-order valence-electron chi connectivity index (χ1n) is 3.24. The molecule has 0 aromatic rings. The van der Waals surface area contributed by atoms with E-state index in [0.29, 0.717) is 6.61 Å². The molecular weight excluding hydrogens is 167 g/mol. The zero-order valence-electron chi connectivity index (χ0n) is 6.32. The van der Waals surface area contributed by atoms with Gasteiger partial charge in [0.05, 0.1) is 20.2 Å². The van der Waals surface area contributed by atoms with Gasteiger partial charge in [-0.1, -0.05) is 0 Å². The van der Waals surface area contributed by atoms with E-state index in [0.717, 1.165) is 0 Å². The summed E-state index contributed by atoms with van der Waals surface area (Å²) in [5.74, 6) is 0.845. The highest BCUT2D eigenvalue weighted by molar-refractivity contribution is 7.49. The first kappa shape index (κ1) is 10.6. The Morgan fingerprint density at radius 2 is 2.45 bits per heavy atom. The van der Waals surface area contributed by atoms with E-state index < -0.39 is 20.1 Å². The van der Waals surface area contributed by atoms with E-state index in [1.807, 2.05) is 0 Å². The van der Waals surface area contributed by atoms with Gasteiger partial charge in [-0.2, -0.15) is 0 Å². The lowest BCUT2D eigenvalue weighted by Crippen LogP contribution is -2.05. The molecule has 1 atom stereocenters. The van der Waals surface area contributed by atoms with Crippen LogP contribution in [0.4, 0.5) is 0 Å². The zero-order valence-corrected chi connectivity index (χ0v) is 7.21. The first-order chi connectivity index (χ1) is 5.20. The third kappa shape index (κ3) is 5.98. The number of carbonyl (C=O) groups excluding carboxylic acids is 1. The molecule has 5 heteroatoms. The summed E-state index contributed by atoms with van der Waals surface area (Å²) in [5.41, 5.74) is 0. The van der Waals surface area contributed by atoms with E-state index in [-0.39, 0.29) is 6.42 Å². The van der Waals surface area contributed by atoms with Crippen LogP contribution in [-0.2, 0) is 9.53 Å². The Morgan fingerprint density at radius 3 is 2.91 bits per heavy atom. The molecule has 64 valence electrons. The summed E-state index contributed by atoms with van der Waals surface area (Å²) < 4.78 is 4.56. The summed E-state index contributed by atoms with van der Waals surface area (Å²) in [6, 6.07) is 0. The fraction of sp³-hybridized carbons (Fsp3) is 0.667. The summed E-state index contributed by atoms with van der Waals surface area (Å²) in [5, 5.41) is 8.31. The molecule has 0 aliphatic heterocycles. The molecule has 0 aliphatic carbocycles. The van der Waals surface area contributed by atoms with Crippen LogP contribution in [0.3, 0.4) is 0 Å². The van der Waals surface area contributed by atoms with E-state index in [4.69, 9.17) is 5.11 Å². The van der Waals surface area contributed by atoms with Crippen molar-refractivity contribution in [1.82, 2.24) is 0 Å². The van der Waals surface area contributed by atoms with Gasteiger partial charge >= 0.3 is 5.97 Å². The average molecular weight is 178 g/mol. The van der Waals surface area contributed by atoms with E-state index in [2.05, 4.69) is 4.74 Å². The lowest BCUT2D eigenvalue weighted by molar-refractivity contribution is -0.156. The molecule has 4 nitrogen and oxygen atoms in total. The van der Waals surface area contributed by atoms with Crippen molar-refractivity contribution < 1.29 is 19.5 Å². The molecule has 0 radical (unpaired) electrons. The van der Waals surface area contributed by atoms with Crippen molar-refractivity contribution in [2.75, 3.05) is 13.0 Å². The van der Waals surface area contributed by atoms with Gasteiger partial charge < -0.3 is 14.7 Å². The second-order valence-corrected chi connectivity index (χ2v) is 3.23.